The van der Waals surface area contributed by atoms with Crippen molar-refractivity contribution in [2.75, 3.05) is 19.5 Å². The van der Waals surface area contributed by atoms with Gasteiger partial charge in [-0.05, 0) is 6.42 Å². The Morgan fingerprint density at radius 1 is 1.00 bits per heavy atom. The van der Waals surface area contributed by atoms with Gasteiger partial charge in [-0.1, -0.05) is 76.5 Å². The van der Waals surface area contributed by atoms with Gasteiger partial charge >= 0.3 is 5.69 Å². The number of thioether (sulfide) groups is 1. The molecule has 0 aromatic carbocycles. The van der Waals surface area contributed by atoms with Gasteiger partial charge in [-0.3, -0.25) is 14.3 Å². The van der Waals surface area contributed by atoms with Crippen LogP contribution in [0.15, 0.2) is 14.7 Å². The van der Waals surface area contributed by atoms with E-state index in [9.17, 15) is 9.59 Å². The number of aromatic nitrogens is 4. The number of ether oxygens (including phenoxy) is 1. The Hall–Kier alpha value is -1.54. The number of H-pyrrole nitrogens is 1. The number of nitrogens with zero attached hydrogens (tertiary/aromatic N) is 3. The third kappa shape index (κ3) is 7.03. The summed E-state index contributed by atoms with van der Waals surface area (Å²) >= 11 is 1.65. The predicted molar refractivity (Wildman–Crippen MR) is 120 cm³/mol. The van der Waals surface area contributed by atoms with Crippen molar-refractivity contribution in [3.8, 4) is 0 Å². The van der Waals surface area contributed by atoms with Gasteiger partial charge in [0.2, 0.25) is 0 Å². The smallest absolute Gasteiger partial charge is 0.329 e. The fraction of sp³-hybridized carbons (Fsp3) is 0.762. The van der Waals surface area contributed by atoms with E-state index in [1.807, 2.05) is 4.57 Å². The van der Waals surface area contributed by atoms with Crippen LogP contribution in [0.2, 0.25) is 0 Å². The number of nitrogens with one attached hydrogen (secondary N) is 1. The molecule has 0 aliphatic carbocycles. The minimum atomic E-state index is -0.440. The van der Waals surface area contributed by atoms with Crippen LogP contribution in [0, 0.1) is 0 Å². The van der Waals surface area contributed by atoms with Gasteiger partial charge < -0.3 is 9.30 Å². The van der Waals surface area contributed by atoms with Crippen molar-refractivity contribution in [1.29, 1.82) is 0 Å². The van der Waals surface area contributed by atoms with E-state index >= 15 is 0 Å². The lowest BCUT2D eigenvalue weighted by molar-refractivity contribution is 0.186. The third-order valence-electron chi connectivity index (χ3n) is 5.22. The molecule has 0 radical (unpaired) electrons. The van der Waals surface area contributed by atoms with Crippen LogP contribution in [-0.4, -0.2) is 38.6 Å². The van der Waals surface area contributed by atoms with Crippen LogP contribution < -0.4 is 11.2 Å². The molecule has 0 saturated heterocycles. The first-order chi connectivity index (χ1) is 14.1. The van der Waals surface area contributed by atoms with Crippen molar-refractivity contribution >= 4 is 22.9 Å². The van der Waals surface area contributed by atoms with Crippen LogP contribution >= 0.6 is 11.8 Å². The number of unbranched alkanes of at least 4 members (excludes halogenated alkanes) is 9. The summed E-state index contributed by atoms with van der Waals surface area (Å²) < 4.78 is 8.45. The molecule has 2 rings (SSSR count). The molecule has 0 fully saturated rings. The standard InChI is InChI=1S/C21H36N4O3S/c1-4-5-6-7-8-9-10-11-12-13-16-29-21-22-18-17(25(21)14-15-28-3)19(26)23-20(27)24(18)2/h4-16H2,1-3H3,(H,23,26,27). The van der Waals surface area contributed by atoms with E-state index < -0.39 is 11.2 Å². The summed E-state index contributed by atoms with van der Waals surface area (Å²) in [5.41, 5.74) is 0.0396. The Morgan fingerprint density at radius 2 is 1.62 bits per heavy atom. The van der Waals surface area contributed by atoms with Crippen LogP contribution in [0.3, 0.4) is 0 Å². The highest BCUT2D eigenvalue weighted by Crippen LogP contribution is 2.23. The van der Waals surface area contributed by atoms with Crippen molar-refractivity contribution < 1.29 is 4.74 Å². The Bertz CT molecular complexity index is 856. The number of fused-ring (bicyclic) bond motifs is 1. The fourth-order valence-electron chi connectivity index (χ4n) is 3.47. The second kappa shape index (κ2) is 12.9. The topological polar surface area (TPSA) is 81.9 Å². The van der Waals surface area contributed by atoms with Crippen molar-refractivity contribution in [2.24, 2.45) is 7.05 Å². The zero-order valence-electron chi connectivity index (χ0n) is 18.2. The second-order valence-electron chi connectivity index (χ2n) is 7.56. The van der Waals surface area contributed by atoms with E-state index in [0.717, 1.165) is 17.3 Å². The zero-order chi connectivity index (χ0) is 21.1. The molecule has 0 aliphatic rings. The Kier molecular flexibility index (Phi) is 10.6. The minimum Gasteiger partial charge on any atom is -0.383 e. The Balaban J connectivity index is 1.85. The first-order valence-corrected chi connectivity index (χ1v) is 11.9. The molecule has 0 amide bonds. The summed E-state index contributed by atoms with van der Waals surface area (Å²) in [7, 11) is 3.26. The quantitative estimate of drug-likeness (QED) is 0.344. The highest BCUT2D eigenvalue weighted by atomic mass is 32.2. The van der Waals surface area contributed by atoms with Crippen molar-refractivity contribution in [1.82, 2.24) is 19.1 Å². The molecular formula is C21H36N4O3S. The molecule has 29 heavy (non-hydrogen) atoms. The van der Waals surface area contributed by atoms with Crippen LogP contribution in [0.25, 0.3) is 11.2 Å². The molecule has 164 valence electrons. The lowest BCUT2D eigenvalue weighted by atomic mass is 10.1. The van der Waals surface area contributed by atoms with E-state index in [0.29, 0.717) is 24.3 Å². The minimum absolute atomic E-state index is 0.391. The van der Waals surface area contributed by atoms with Gasteiger partial charge in [0.05, 0.1) is 6.61 Å². The van der Waals surface area contributed by atoms with Crippen molar-refractivity contribution in [3.63, 3.8) is 0 Å². The van der Waals surface area contributed by atoms with Gasteiger partial charge in [0.15, 0.2) is 16.3 Å². The van der Waals surface area contributed by atoms with Gasteiger partial charge in [-0.2, -0.15) is 0 Å². The number of hydrogen-bond donors (Lipinski definition) is 1. The maximum atomic E-state index is 12.3. The first kappa shape index (κ1) is 23.7. The molecule has 7 nitrogen and oxygen atoms in total. The number of rotatable bonds is 15. The Morgan fingerprint density at radius 3 is 2.24 bits per heavy atom. The number of aromatic amines is 1. The van der Waals surface area contributed by atoms with Crippen LogP contribution in [0.1, 0.15) is 71.1 Å². The Labute approximate surface area is 177 Å². The largest absolute Gasteiger partial charge is 0.383 e. The molecule has 2 heterocycles. The van der Waals surface area contributed by atoms with Crippen LogP contribution in [-0.2, 0) is 18.3 Å². The van der Waals surface area contributed by atoms with Gasteiger partial charge in [-0.15, -0.1) is 0 Å². The fourth-order valence-corrected chi connectivity index (χ4v) is 4.49. The summed E-state index contributed by atoms with van der Waals surface area (Å²) in [5, 5.41) is 0.777. The molecular weight excluding hydrogens is 388 g/mol. The molecule has 0 saturated carbocycles. The summed E-state index contributed by atoms with van der Waals surface area (Å²) in [6.45, 7) is 3.28. The van der Waals surface area contributed by atoms with Crippen molar-refractivity contribution in [3.05, 3.63) is 20.8 Å². The lowest BCUT2D eigenvalue weighted by Gasteiger charge is -2.07. The summed E-state index contributed by atoms with van der Waals surface area (Å²) in [5.74, 6) is 0.957. The average Bonchev–Trinajstić information content (AvgIpc) is 3.07. The summed E-state index contributed by atoms with van der Waals surface area (Å²) in [6, 6.07) is 0. The highest BCUT2D eigenvalue weighted by Gasteiger charge is 2.17. The number of methoxy groups -OCH3 is 1. The molecule has 8 heteroatoms. The lowest BCUT2D eigenvalue weighted by Crippen LogP contribution is -2.29. The molecule has 1 N–H and O–H groups in total. The number of hydrogen-bond acceptors (Lipinski definition) is 5. The molecule has 0 unspecified atom stereocenters. The molecule has 0 bridgehead atoms. The molecule has 0 aliphatic heterocycles. The molecule has 0 atom stereocenters. The summed E-state index contributed by atoms with van der Waals surface area (Å²) in [4.78, 5) is 31.2. The maximum absolute atomic E-state index is 12.3. The predicted octanol–water partition coefficient (Wildman–Crippen LogP) is 4.08. The monoisotopic (exact) mass is 424 g/mol. The van der Waals surface area contributed by atoms with Gasteiger partial charge in [0.25, 0.3) is 5.56 Å². The van der Waals surface area contributed by atoms with Crippen LogP contribution in [0.4, 0.5) is 0 Å². The van der Waals surface area contributed by atoms with E-state index in [-0.39, 0.29) is 0 Å². The third-order valence-corrected chi connectivity index (χ3v) is 6.28. The molecule has 2 aromatic rings. The maximum Gasteiger partial charge on any atom is 0.329 e. The van der Waals surface area contributed by atoms with E-state index in [2.05, 4.69) is 16.9 Å². The van der Waals surface area contributed by atoms with E-state index in [4.69, 9.17) is 4.74 Å². The highest BCUT2D eigenvalue weighted by molar-refractivity contribution is 7.99. The van der Waals surface area contributed by atoms with Crippen LogP contribution in [0.5, 0.6) is 0 Å². The second-order valence-corrected chi connectivity index (χ2v) is 8.62. The van der Waals surface area contributed by atoms with Gasteiger partial charge in [-0.25, -0.2) is 9.78 Å². The van der Waals surface area contributed by atoms with Gasteiger partial charge in [0.1, 0.15) is 0 Å². The van der Waals surface area contributed by atoms with E-state index in [1.54, 1.807) is 25.9 Å². The SMILES string of the molecule is CCCCCCCCCCCCSc1nc2c(c(=O)[nH]c(=O)n2C)n1CCOC. The van der Waals surface area contributed by atoms with Gasteiger partial charge in [0, 0.05) is 26.5 Å². The molecule has 2 aromatic heterocycles. The number of aryl methyl sites for hydroxylation is 1. The van der Waals surface area contributed by atoms with Crippen molar-refractivity contribution in [2.45, 2.75) is 82.8 Å². The zero-order valence-corrected chi connectivity index (χ0v) is 19.0. The van der Waals surface area contributed by atoms with E-state index in [1.165, 1.54) is 62.4 Å². The summed E-state index contributed by atoms with van der Waals surface area (Å²) in [6.07, 6.45) is 13.1. The first-order valence-electron chi connectivity index (χ1n) is 10.9. The average molecular weight is 425 g/mol. The normalized spacial score (nSPS) is 11.6. The molecule has 0 spiro atoms. The number of imidazole rings is 1.